The molecule has 0 saturated carbocycles. The van der Waals surface area contributed by atoms with Gasteiger partial charge in [0, 0.05) is 7.05 Å². The minimum atomic E-state index is -0.681. The molecule has 2 aromatic rings. The minimum Gasteiger partial charge on any atom is -0.382 e. The first kappa shape index (κ1) is 12.8. The van der Waals surface area contributed by atoms with Gasteiger partial charge in [-0.05, 0) is 16.5 Å². The van der Waals surface area contributed by atoms with Crippen LogP contribution in [0.15, 0.2) is 30.5 Å². The summed E-state index contributed by atoms with van der Waals surface area (Å²) in [7, 11) is 1.77. The predicted octanol–water partition coefficient (Wildman–Crippen LogP) is 2.19. The van der Waals surface area contributed by atoms with Crippen molar-refractivity contribution in [1.29, 1.82) is 0 Å². The quantitative estimate of drug-likeness (QED) is 0.882. The van der Waals surface area contributed by atoms with Gasteiger partial charge in [0.2, 0.25) is 0 Å². The van der Waals surface area contributed by atoms with Crippen molar-refractivity contribution in [1.82, 2.24) is 15.0 Å². The van der Waals surface area contributed by atoms with Gasteiger partial charge in [-0.3, -0.25) is 0 Å². The molecule has 4 heteroatoms. The van der Waals surface area contributed by atoms with Gasteiger partial charge < -0.3 is 5.11 Å². The number of hydrogen-bond acceptors (Lipinski definition) is 3. The molecule has 1 aromatic heterocycles. The van der Waals surface area contributed by atoms with Crippen molar-refractivity contribution in [2.75, 3.05) is 0 Å². The summed E-state index contributed by atoms with van der Waals surface area (Å²) in [5.74, 6) is 0. The summed E-state index contributed by atoms with van der Waals surface area (Å²) in [6.45, 7) is 6.51. The van der Waals surface area contributed by atoms with E-state index in [0.29, 0.717) is 5.69 Å². The highest BCUT2D eigenvalue weighted by Crippen LogP contribution is 2.26. The Morgan fingerprint density at radius 3 is 2.22 bits per heavy atom. The second kappa shape index (κ2) is 4.53. The Morgan fingerprint density at radius 2 is 1.78 bits per heavy atom. The van der Waals surface area contributed by atoms with Crippen molar-refractivity contribution in [3.8, 4) is 0 Å². The van der Waals surface area contributed by atoms with Gasteiger partial charge in [0.15, 0.2) is 0 Å². The molecule has 4 nitrogen and oxygen atoms in total. The summed E-state index contributed by atoms with van der Waals surface area (Å²) in [6, 6.07) is 8.03. The summed E-state index contributed by atoms with van der Waals surface area (Å²) < 4.78 is 1.59. The van der Waals surface area contributed by atoms with E-state index in [2.05, 4.69) is 43.2 Å². The molecule has 0 amide bonds. The standard InChI is InChI=1S/C14H19N3O/c1-14(2,3)11-7-5-10(6-8-11)13(18)12-9-15-16-17(12)4/h5-9,13,18H,1-4H3. The van der Waals surface area contributed by atoms with E-state index in [0.717, 1.165) is 5.56 Å². The van der Waals surface area contributed by atoms with Gasteiger partial charge in [-0.15, -0.1) is 5.10 Å². The third kappa shape index (κ3) is 2.43. The van der Waals surface area contributed by atoms with E-state index in [4.69, 9.17) is 0 Å². The van der Waals surface area contributed by atoms with Crippen molar-refractivity contribution in [2.24, 2.45) is 7.05 Å². The first-order valence-corrected chi connectivity index (χ1v) is 6.02. The van der Waals surface area contributed by atoms with Crippen LogP contribution in [0.3, 0.4) is 0 Å². The van der Waals surface area contributed by atoms with Gasteiger partial charge in [0.25, 0.3) is 0 Å². The van der Waals surface area contributed by atoms with E-state index in [-0.39, 0.29) is 5.41 Å². The molecule has 1 unspecified atom stereocenters. The number of aliphatic hydroxyl groups excluding tert-OH is 1. The lowest BCUT2D eigenvalue weighted by molar-refractivity contribution is 0.209. The van der Waals surface area contributed by atoms with Crippen molar-refractivity contribution in [3.63, 3.8) is 0 Å². The first-order chi connectivity index (χ1) is 8.39. The Kier molecular flexibility index (Phi) is 3.22. The summed E-state index contributed by atoms with van der Waals surface area (Å²) >= 11 is 0. The fourth-order valence-corrected chi connectivity index (χ4v) is 1.88. The van der Waals surface area contributed by atoms with Crippen LogP contribution >= 0.6 is 0 Å². The van der Waals surface area contributed by atoms with Crippen LogP contribution in [0.2, 0.25) is 0 Å². The van der Waals surface area contributed by atoms with Crippen LogP contribution < -0.4 is 0 Å². The topological polar surface area (TPSA) is 50.9 Å². The molecule has 96 valence electrons. The van der Waals surface area contributed by atoms with Crippen LogP contribution in [0.5, 0.6) is 0 Å². The van der Waals surface area contributed by atoms with Gasteiger partial charge in [-0.2, -0.15) is 0 Å². The lowest BCUT2D eigenvalue weighted by atomic mass is 9.86. The van der Waals surface area contributed by atoms with Crippen LogP contribution in [0.25, 0.3) is 0 Å². The number of aryl methyl sites for hydroxylation is 1. The highest BCUT2D eigenvalue weighted by Gasteiger charge is 2.17. The highest BCUT2D eigenvalue weighted by atomic mass is 16.3. The summed E-state index contributed by atoms with van der Waals surface area (Å²) in [6.07, 6.45) is 0.904. The molecular weight excluding hydrogens is 226 g/mol. The molecule has 0 saturated heterocycles. The van der Waals surface area contributed by atoms with Gasteiger partial charge in [-0.25, -0.2) is 4.68 Å². The second-order valence-corrected chi connectivity index (χ2v) is 5.56. The van der Waals surface area contributed by atoms with Crippen LogP contribution in [0.4, 0.5) is 0 Å². The summed E-state index contributed by atoms with van der Waals surface area (Å²) in [4.78, 5) is 0. The van der Waals surface area contributed by atoms with Crippen LogP contribution in [-0.2, 0) is 12.5 Å². The number of benzene rings is 1. The van der Waals surface area contributed by atoms with Crippen molar-refractivity contribution in [2.45, 2.75) is 32.3 Å². The lowest BCUT2D eigenvalue weighted by Gasteiger charge is -2.20. The number of aromatic nitrogens is 3. The summed E-state index contributed by atoms with van der Waals surface area (Å²) in [5.41, 5.74) is 2.92. The average Bonchev–Trinajstić information content (AvgIpc) is 2.73. The fourth-order valence-electron chi connectivity index (χ4n) is 1.88. The maximum atomic E-state index is 10.3. The highest BCUT2D eigenvalue weighted by molar-refractivity contribution is 5.31. The number of nitrogens with zero attached hydrogens (tertiary/aromatic N) is 3. The molecule has 0 bridgehead atoms. The van der Waals surface area contributed by atoms with Crippen molar-refractivity contribution >= 4 is 0 Å². The molecule has 0 fully saturated rings. The molecule has 18 heavy (non-hydrogen) atoms. The maximum absolute atomic E-state index is 10.3. The van der Waals surface area contributed by atoms with Crippen molar-refractivity contribution in [3.05, 3.63) is 47.3 Å². The molecule has 1 aromatic carbocycles. The largest absolute Gasteiger partial charge is 0.382 e. The Balaban J connectivity index is 2.28. The smallest absolute Gasteiger partial charge is 0.122 e. The Bertz CT molecular complexity index is 523. The Labute approximate surface area is 107 Å². The number of hydrogen-bond donors (Lipinski definition) is 1. The molecule has 1 N–H and O–H groups in total. The zero-order valence-corrected chi connectivity index (χ0v) is 11.3. The van der Waals surface area contributed by atoms with Gasteiger partial charge in [0.1, 0.15) is 6.10 Å². The molecule has 0 radical (unpaired) electrons. The van der Waals surface area contributed by atoms with Gasteiger partial charge in [-0.1, -0.05) is 50.3 Å². The molecule has 1 atom stereocenters. The Hall–Kier alpha value is -1.68. The maximum Gasteiger partial charge on any atom is 0.122 e. The minimum absolute atomic E-state index is 0.123. The van der Waals surface area contributed by atoms with E-state index in [9.17, 15) is 5.11 Å². The van der Waals surface area contributed by atoms with Gasteiger partial charge in [0.05, 0.1) is 11.9 Å². The first-order valence-electron chi connectivity index (χ1n) is 6.02. The monoisotopic (exact) mass is 245 g/mol. The lowest BCUT2D eigenvalue weighted by Crippen LogP contribution is -2.11. The average molecular weight is 245 g/mol. The predicted molar refractivity (Wildman–Crippen MR) is 70.2 cm³/mol. The second-order valence-electron chi connectivity index (χ2n) is 5.56. The number of rotatable bonds is 2. The Morgan fingerprint density at radius 1 is 1.17 bits per heavy atom. The molecule has 0 aliphatic heterocycles. The van der Waals surface area contributed by atoms with Gasteiger partial charge >= 0.3 is 0 Å². The molecule has 0 spiro atoms. The number of aliphatic hydroxyl groups is 1. The molecule has 1 heterocycles. The summed E-state index contributed by atoms with van der Waals surface area (Å²) in [5, 5.41) is 17.9. The van der Waals surface area contributed by atoms with Crippen LogP contribution in [-0.4, -0.2) is 20.1 Å². The third-order valence-electron chi connectivity index (χ3n) is 3.12. The SMILES string of the molecule is Cn1nncc1C(O)c1ccc(C(C)(C)C)cc1. The molecular formula is C14H19N3O. The molecule has 2 rings (SSSR count). The van der Waals surface area contributed by atoms with E-state index in [1.165, 1.54) is 5.56 Å². The normalized spacial score (nSPS) is 13.6. The van der Waals surface area contributed by atoms with Crippen LogP contribution in [0, 0.1) is 0 Å². The molecule has 0 aliphatic carbocycles. The van der Waals surface area contributed by atoms with E-state index in [1.54, 1.807) is 17.9 Å². The fraction of sp³-hybridized carbons (Fsp3) is 0.429. The van der Waals surface area contributed by atoms with Crippen LogP contribution in [0.1, 0.15) is 43.7 Å². The van der Waals surface area contributed by atoms with E-state index >= 15 is 0 Å². The van der Waals surface area contributed by atoms with Crippen molar-refractivity contribution < 1.29 is 5.11 Å². The van der Waals surface area contributed by atoms with E-state index < -0.39 is 6.10 Å². The third-order valence-corrected chi connectivity index (χ3v) is 3.12. The zero-order valence-electron chi connectivity index (χ0n) is 11.3. The van der Waals surface area contributed by atoms with E-state index in [1.807, 2.05) is 12.1 Å². The molecule has 0 aliphatic rings. The zero-order chi connectivity index (χ0) is 13.3.